The summed E-state index contributed by atoms with van der Waals surface area (Å²) in [5.74, 6) is -1.71. The number of halogens is 1. The fraction of sp³-hybridized carbons (Fsp3) is 0.419. The van der Waals surface area contributed by atoms with Crippen LogP contribution in [0.5, 0.6) is 0 Å². The predicted molar refractivity (Wildman–Crippen MR) is 169 cm³/mol. The summed E-state index contributed by atoms with van der Waals surface area (Å²) in [6, 6.07) is 13.4. The van der Waals surface area contributed by atoms with Gasteiger partial charge in [-0.1, -0.05) is 37.5 Å². The highest BCUT2D eigenvalue weighted by Gasteiger charge is 2.41. The van der Waals surface area contributed by atoms with Crippen LogP contribution in [0.4, 0.5) is 26.2 Å². The van der Waals surface area contributed by atoms with E-state index in [1.807, 2.05) is 35.2 Å². The topological polar surface area (TPSA) is 123 Å². The molecule has 9 nitrogen and oxygen atoms in total. The van der Waals surface area contributed by atoms with Crippen molar-refractivity contribution in [3.05, 3.63) is 59.2 Å². The van der Waals surface area contributed by atoms with E-state index in [4.69, 9.17) is 4.74 Å². The van der Waals surface area contributed by atoms with E-state index in [0.29, 0.717) is 12.2 Å². The number of benzene rings is 2. The Morgan fingerprint density at radius 2 is 1.74 bits per heavy atom. The van der Waals surface area contributed by atoms with Gasteiger partial charge in [-0.05, 0) is 63.8 Å². The van der Waals surface area contributed by atoms with Crippen LogP contribution in [0.1, 0.15) is 62.5 Å². The minimum Gasteiger partial charge on any atom is -0.477 e. The Balaban J connectivity index is 1.62. The first-order chi connectivity index (χ1) is 20.3. The summed E-state index contributed by atoms with van der Waals surface area (Å²) in [5.41, 5.74) is 0.301. The summed E-state index contributed by atoms with van der Waals surface area (Å²) in [4.78, 5) is 26.6. The van der Waals surface area contributed by atoms with Crippen LogP contribution in [0.2, 0.25) is 0 Å². The highest BCUT2D eigenvalue weighted by atomic mass is 32.3. The van der Waals surface area contributed by atoms with Gasteiger partial charge < -0.3 is 14.7 Å². The lowest BCUT2D eigenvalue weighted by Crippen LogP contribution is -2.45. The maximum atomic E-state index is 16.1. The summed E-state index contributed by atoms with van der Waals surface area (Å²) < 4.78 is 46.6. The molecule has 3 aromatic rings. The van der Waals surface area contributed by atoms with Crippen molar-refractivity contribution in [2.75, 3.05) is 23.8 Å². The number of nitrogens with one attached hydrogen (secondary N) is 1. The number of hydrogen-bond acceptors (Lipinski definition) is 8. The normalized spacial score (nSPS) is 20.2. The van der Waals surface area contributed by atoms with E-state index in [9.17, 15) is 23.8 Å². The van der Waals surface area contributed by atoms with Gasteiger partial charge in [0.1, 0.15) is 16.3 Å². The molecule has 1 amide bonds. The minimum absolute atomic E-state index is 0.000918. The van der Waals surface area contributed by atoms with E-state index in [-0.39, 0.29) is 37.9 Å². The van der Waals surface area contributed by atoms with E-state index in [1.165, 1.54) is 18.2 Å². The quantitative estimate of drug-likeness (QED) is 0.221. The Kier molecular flexibility index (Phi) is 8.79. The van der Waals surface area contributed by atoms with Gasteiger partial charge in [0.2, 0.25) is 0 Å². The predicted octanol–water partition coefficient (Wildman–Crippen LogP) is 8.66. The molecule has 1 fully saturated rings. The number of thiophene rings is 1. The summed E-state index contributed by atoms with van der Waals surface area (Å²) in [5, 5.41) is 12.3. The van der Waals surface area contributed by atoms with Gasteiger partial charge >= 0.3 is 12.1 Å². The molecule has 1 saturated carbocycles. The molecule has 1 aromatic heterocycles. The highest BCUT2D eigenvalue weighted by Crippen LogP contribution is 2.60. The molecule has 1 aliphatic carbocycles. The number of hydrogen-bond donors (Lipinski definition) is 4. The van der Waals surface area contributed by atoms with Crippen molar-refractivity contribution in [3.8, 4) is 10.4 Å². The van der Waals surface area contributed by atoms with E-state index in [0.717, 1.165) is 49.1 Å². The molecule has 2 aromatic carbocycles. The molecule has 12 heteroatoms. The fourth-order valence-corrected chi connectivity index (χ4v) is 8.54. The summed E-state index contributed by atoms with van der Waals surface area (Å²) in [6.07, 6.45) is 4.42. The Labute approximate surface area is 256 Å². The number of carboxylic acids is 1. The fourth-order valence-electron chi connectivity index (χ4n) is 5.91. The number of para-hydroxylation sites is 1. The van der Waals surface area contributed by atoms with Gasteiger partial charge in [0.05, 0.1) is 16.3 Å². The molecule has 0 spiro atoms. The monoisotopic (exact) mass is 631 g/mol. The molecule has 4 N–H and O–H groups in total. The van der Waals surface area contributed by atoms with Crippen LogP contribution in [0, 0.1) is 11.7 Å². The van der Waals surface area contributed by atoms with Crippen molar-refractivity contribution < 1.29 is 32.9 Å². The van der Waals surface area contributed by atoms with Crippen LogP contribution < -0.4 is 10.2 Å². The third-order valence-electron chi connectivity index (χ3n) is 7.96. The Bertz CT molecular complexity index is 1500. The third-order valence-corrected chi connectivity index (χ3v) is 11.1. The van der Waals surface area contributed by atoms with Crippen molar-refractivity contribution in [2.24, 2.45) is 5.92 Å². The first-order valence-electron chi connectivity index (χ1n) is 14.3. The molecular weight excluding hydrogens is 593 g/mol. The Morgan fingerprint density at radius 3 is 2.37 bits per heavy atom. The van der Waals surface area contributed by atoms with Gasteiger partial charge in [0, 0.05) is 41.8 Å². The molecule has 2 heterocycles. The van der Waals surface area contributed by atoms with Gasteiger partial charge in [0.15, 0.2) is 0 Å². The lowest BCUT2D eigenvalue weighted by atomic mass is 9.83. The zero-order valence-electron chi connectivity index (χ0n) is 24.7. The largest absolute Gasteiger partial charge is 0.477 e. The average Bonchev–Trinajstić information content (AvgIpc) is 3.33. The number of nitrogens with zero attached hydrogens (tertiary/aromatic N) is 2. The summed E-state index contributed by atoms with van der Waals surface area (Å²) in [7, 11) is -1.86. The number of carbonyl (C=O) groups is 2. The van der Waals surface area contributed by atoms with Crippen LogP contribution in [-0.2, 0) is 4.74 Å². The summed E-state index contributed by atoms with van der Waals surface area (Å²) >= 11 is 0.781. The van der Waals surface area contributed by atoms with E-state index in [1.54, 1.807) is 32.1 Å². The molecule has 0 radical (unpaired) electrons. The second-order valence-electron chi connectivity index (χ2n) is 12.1. The van der Waals surface area contributed by atoms with Crippen LogP contribution in [0.15, 0.2) is 53.4 Å². The molecule has 0 bridgehead atoms. The number of likely N-dealkylation sites (N-methyl/N-ethyl adjacent to an activating group) is 1. The van der Waals surface area contributed by atoms with E-state index < -0.39 is 34.3 Å². The Morgan fingerprint density at radius 1 is 1.07 bits per heavy atom. The Hall–Kier alpha value is -3.16. The number of rotatable bonds is 5. The van der Waals surface area contributed by atoms with Crippen LogP contribution in [0.3, 0.4) is 0 Å². The second kappa shape index (κ2) is 12.1. The van der Waals surface area contributed by atoms with Crippen molar-refractivity contribution in [2.45, 2.75) is 69.4 Å². The second-order valence-corrected chi connectivity index (χ2v) is 15.2. The van der Waals surface area contributed by atoms with Crippen LogP contribution in [-0.4, -0.2) is 55.8 Å². The molecule has 43 heavy (non-hydrogen) atoms. The molecule has 1 atom stereocenters. The SMILES string of the molecule is CN1C(C2CCCCC2)CN(c2ccccc2)c2cc(F)c(-c3cc(NC(=O)OC(C)(C)C)c(C(=O)O)s3)cc2S1(O)O. The van der Waals surface area contributed by atoms with E-state index >= 15 is 4.39 Å². The highest BCUT2D eigenvalue weighted by molar-refractivity contribution is 8.22. The molecule has 2 aliphatic rings. The first-order valence-corrected chi connectivity index (χ1v) is 16.6. The number of carbonyl (C=O) groups excluding carboxylic acids is 1. The van der Waals surface area contributed by atoms with Crippen molar-refractivity contribution in [1.29, 1.82) is 0 Å². The average molecular weight is 632 g/mol. The van der Waals surface area contributed by atoms with Crippen molar-refractivity contribution >= 4 is 51.2 Å². The smallest absolute Gasteiger partial charge is 0.412 e. The van der Waals surface area contributed by atoms with Crippen molar-refractivity contribution in [1.82, 2.24) is 4.31 Å². The standard InChI is InChI=1S/C31H38FN3O6S2/c1-31(2,3)41-30(38)33-23-17-26(42-28(23)29(36)37)21-15-27-24(16-22(21)32)35(20-13-9-6-10-14-20)18-25(34(4)43(27,39)40)19-11-7-5-8-12-19/h6,9-10,13-17,19,25,39-40H,5,7-8,11-12,18H2,1-4H3,(H,33,38)(H,36,37). The van der Waals surface area contributed by atoms with Gasteiger partial charge in [0.25, 0.3) is 0 Å². The van der Waals surface area contributed by atoms with Crippen LogP contribution >= 0.6 is 22.1 Å². The zero-order valence-corrected chi connectivity index (χ0v) is 26.3. The summed E-state index contributed by atoms with van der Waals surface area (Å²) in [6.45, 7) is 5.49. The molecule has 232 valence electrons. The molecule has 0 saturated heterocycles. The molecular formula is C31H38FN3O6S2. The number of ether oxygens (including phenoxy) is 1. The van der Waals surface area contributed by atoms with Crippen LogP contribution in [0.25, 0.3) is 10.4 Å². The lowest BCUT2D eigenvalue weighted by Gasteiger charge is -2.46. The molecule has 1 aliphatic heterocycles. The lowest BCUT2D eigenvalue weighted by molar-refractivity contribution is 0.0636. The van der Waals surface area contributed by atoms with Gasteiger partial charge in [-0.15, -0.1) is 22.1 Å². The minimum atomic E-state index is -3.58. The van der Waals surface area contributed by atoms with Gasteiger partial charge in [-0.3, -0.25) is 14.4 Å². The number of carboxylic acid groups (broad SMARTS) is 1. The molecule has 5 rings (SSSR count). The van der Waals surface area contributed by atoms with Crippen molar-refractivity contribution in [3.63, 3.8) is 0 Å². The zero-order chi connectivity index (χ0) is 31.1. The van der Waals surface area contributed by atoms with E-state index in [2.05, 4.69) is 5.32 Å². The number of anilines is 3. The number of amides is 1. The first kappa shape index (κ1) is 31.3. The number of fused-ring (bicyclic) bond motifs is 1. The maximum absolute atomic E-state index is 16.1. The molecule has 1 unspecified atom stereocenters. The third kappa shape index (κ3) is 6.53. The van der Waals surface area contributed by atoms with Gasteiger partial charge in [-0.2, -0.15) is 4.31 Å². The maximum Gasteiger partial charge on any atom is 0.412 e. The number of aromatic carboxylic acids is 1. The van der Waals surface area contributed by atoms with Gasteiger partial charge in [-0.25, -0.2) is 14.0 Å².